The van der Waals surface area contributed by atoms with Crippen LogP contribution in [0.5, 0.6) is 0 Å². The molecule has 2 heterocycles. The maximum absolute atomic E-state index is 5.88. The number of nitrogen functional groups attached to an aromatic ring is 1. The molecule has 3 nitrogen and oxygen atoms in total. The van der Waals surface area contributed by atoms with Crippen molar-refractivity contribution in [2.75, 3.05) is 43.4 Å². The highest BCUT2D eigenvalue weighted by Gasteiger charge is 2.20. The van der Waals surface area contributed by atoms with E-state index in [1.807, 2.05) is 17.8 Å². The molecule has 0 aromatic heterocycles. The zero-order valence-corrected chi connectivity index (χ0v) is 14.6. The average molecular weight is 337 g/mol. The van der Waals surface area contributed by atoms with E-state index in [1.54, 1.807) is 0 Å². The summed E-state index contributed by atoms with van der Waals surface area (Å²) in [5.74, 6) is 0. The quantitative estimate of drug-likeness (QED) is 0.867. The lowest BCUT2D eigenvalue weighted by Crippen LogP contribution is -2.46. The van der Waals surface area contributed by atoms with Gasteiger partial charge in [0.15, 0.2) is 0 Å². The van der Waals surface area contributed by atoms with Gasteiger partial charge in [-0.15, -0.1) is 0 Å². The number of hydrogen-bond acceptors (Lipinski definition) is 4. The van der Waals surface area contributed by atoms with Crippen molar-refractivity contribution in [1.82, 2.24) is 4.90 Å². The molecule has 0 atom stereocenters. The summed E-state index contributed by atoms with van der Waals surface area (Å²) < 4.78 is 0. The van der Waals surface area contributed by atoms with Gasteiger partial charge in [0.2, 0.25) is 0 Å². The van der Waals surface area contributed by atoms with E-state index in [4.69, 9.17) is 5.73 Å². The van der Waals surface area contributed by atoms with Crippen molar-refractivity contribution in [3.8, 4) is 0 Å². The Labute approximate surface area is 148 Å². The highest BCUT2D eigenvalue weighted by atomic mass is 32.2. The third-order valence-electron chi connectivity index (χ3n) is 4.75. The summed E-state index contributed by atoms with van der Waals surface area (Å²) in [6, 6.07) is 17.0. The molecule has 2 aliphatic heterocycles. The number of allylic oxidation sites excluding steroid dienone is 1. The highest BCUT2D eigenvalue weighted by Crippen LogP contribution is 2.36. The van der Waals surface area contributed by atoms with Gasteiger partial charge in [-0.05, 0) is 42.3 Å². The Morgan fingerprint density at radius 3 is 2.54 bits per heavy atom. The van der Waals surface area contributed by atoms with Gasteiger partial charge in [-0.2, -0.15) is 0 Å². The zero-order chi connectivity index (χ0) is 16.4. The van der Waals surface area contributed by atoms with Crippen LogP contribution in [0, 0.1) is 0 Å². The summed E-state index contributed by atoms with van der Waals surface area (Å²) in [6.45, 7) is 5.53. The molecule has 2 aliphatic rings. The summed E-state index contributed by atoms with van der Waals surface area (Å²) in [7, 11) is 0. The van der Waals surface area contributed by atoms with Crippen molar-refractivity contribution in [2.45, 2.75) is 11.3 Å². The average Bonchev–Trinajstić information content (AvgIpc) is 2.63. The second-order valence-electron chi connectivity index (χ2n) is 6.44. The van der Waals surface area contributed by atoms with Crippen LogP contribution in [-0.2, 0) is 6.42 Å². The third-order valence-corrected chi connectivity index (χ3v) is 5.92. The smallest absolute Gasteiger partial charge is 0.0367 e. The second kappa shape index (κ2) is 6.91. The number of para-hydroxylation sites is 1. The van der Waals surface area contributed by atoms with Crippen LogP contribution in [0.3, 0.4) is 0 Å². The summed E-state index contributed by atoms with van der Waals surface area (Å²) >= 11 is 1.91. The topological polar surface area (TPSA) is 32.5 Å². The normalized spacial score (nSPS) is 18.2. The van der Waals surface area contributed by atoms with Gasteiger partial charge in [0.05, 0.1) is 0 Å². The van der Waals surface area contributed by atoms with Gasteiger partial charge in [0, 0.05) is 53.9 Å². The van der Waals surface area contributed by atoms with Crippen molar-refractivity contribution in [3.05, 3.63) is 65.1 Å². The monoisotopic (exact) mass is 337 g/mol. The van der Waals surface area contributed by atoms with Crippen molar-refractivity contribution in [3.63, 3.8) is 0 Å². The van der Waals surface area contributed by atoms with Crippen molar-refractivity contribution in [1.29, 1.82) is 0 Å². The van der Waals surface area contributed by atoms with Crippen LogP contribution in [0.4, 0.5) is 11.4 Å². The van der Waals surface area contributed by atoms with Crippen LogP contribution in [0.15, 0.2) is 64.4 Å². The van der Waals surface area contributed by atoms with E-state index < -0.39 is 0 Å². The molecule has 4 heteroatoms. The molecule has 0 aliphatic carbocycles. The molecule has 0 radical (unpaired) electrons. The Balaban J connectivity index is 1.33. The van der Waals surface area contributed by atoms with Crippen LogP contribution >= 0.6 is 11.8 Å². The molecule has 1 fully saturated rings. The van der Waals surface area contributed by atoms with Gasteiger partial charge in [0.1, 0.15) is 0 Å². The molecule has 2 aromatic rings. The molecule has 0 amide bonds. The van der Waals surface area contributed by atoms with E-state index in [9.17, 15) is 0 Å². The first kappa shape index (κ1) is 15.6. The van der Waals surface area contributed by atoms with Gasteiger partial charge in [-0.3, -0.25) is 4.90 Å². The Morgan fingerprint density at radius 1 is 0.958 bits per heavy atom. The van der Waals surface area contributed by atoms with Crippen molar-refractivity contribution >= 4 is 23.1 Å². The highest BCUT2D eigenvalue weighted by molar-refractivity contribution is 8.03. The molecule has 2 N–H and O–H groups in total. The van der Waals surface area contributed by atoms with E-state index in [-0.39, 0.29) is 0 Å². The summed E-state index contributed by atoms with van der Waals surface area (Å²) in [6.07, 6.45) is 3.38. The van der Waals surface area contributed by atoms with Gasteiger partial charge in [0.25, 0.3) is 0 Å². The number of piperazine rings is 1. The van der Waals surface area contributed by atoms with Gasteiger partial charge in [-0.25, -0.2) is 0 Å². The van der Waals surface area contributed by atoms with Gasteiger partial charge in [-0.1, -0.05) is 36.0 Å². The van der Waals surface area contributed by atoms with Crippen molar-refractivity contribution in [2.24, 2.45) is 0 Å². The Hall–Kier alpha value is -1.91. The van der Waals surface area contributed by atoms with Crippen molar-refractivity contribution < 1.29 is 0 Å². The number of thioether (sulfide) groups is 1. The lowest BCUT2D eigenvalue weighted by Gasteiger charge is -2.36. The van der Waals surface area contributed by atoms with E-state index in [1.165, 1.54) is 21.1 Å². The predicted octanol–water partition coefficient (Wildman–Crippen LogP) is 3.62. The van der Waals surface area contributed by atoms with E-state index in [2.05, 4.69) is 58.3 Å². The molecular formula is C20H23N3S. The lowest BCUT2D eigenvalue weighted by atomic mass is 10.1. The zero-order valence-electron chi connectivity index (χ0n) is 13.8. The Kier molecular flexibility index (Phi) is 4.50. The number of benzene rings is 2. The third kappa shape index (κ3) is 3.45. The minimum Gasteiger partial charge on any atom is -0.399 e. The van der Waals surface area contributed by atoms with E-state index in [0.717, 1.165) is 44.8 Å². The number of fused-ring (bicyclic) bond motifs is 1. The fraction of sp³-hybridized carbons (Fsp3) is 0.300. The number of nitrogens with two attached hydrogens (primary N) is 1. The molecule has 124 valence electrons. The lowest BCUT2D eigenvalue weighted by molar-refractivity contribution is 0.282. The first-order valence-corrected chi connectivity index (χ1v) is 9.37. The predicted molar refractivity (Wildman–Crippen MR) is 104 cm³/mol. The van der Waals surface area contributed by atoms with Crippen LogP contribution in [0.25, 0.3) is 0 Å². The van der Waals surface area contributed by atoms with Crippen LogP contribution in [-0.4, -0.2) is 37.6 Å². The fourth-order valence-corrected chi connectivity index (χ4v) is 4.49. The van der Waals surface area contributed by atoms with Gasteiger partial charge < -0.3 is 10.6 Å². The summed E-state index contributed by atoms with van der Waals surface area (Å²) in [4.78, 5) is 7.89. The summed E-state index contributed by atoms with van der Waals surface area (Å²) in [5.41, 5.74) is 9.45. The maximum atomic E-state index is 5.88. The molecular weight excluding hydrogens is 314 g/mol. The van der Waals surface area contributed by atoms with Crippen LogP contribution < -0.4 is 10.6 Å². The number of rotatable bonds is 3. The molecule has 0 saturated carbocycles. The van der Waals surface area contributed by atoms with Crippen LogP contribution in [0.1, 0.15) is 5.56 Å². The molecule has 0 spiro atoms. The fourth-order valence-electron chi connectivity index (χ4n) is 3.39. The minimum absolute atomic E-state index is 0.864. The first-order valence-electron chi connectivity index (χ1n) is 8.55. The second-order valence-corrected chi connectivity index (χ2v) is 7.61. The number of nitrogens with zero attached hydrogens (tertiary/aromatic N) is 2. The minimum atomic E-state index is 0.864. The summed E-state index contributed by atoms with van der Waals surface area (Å²) in [5, 5.41) is 0. The maximum Gasteiger partial charge on any atom is 0.0367 e. The first-order chi connectivity index (χ1) is 11.8. The number of hydrogen-bond donors (Lipinski definition) is 1. The Bertz CT molecular complexity index is 734. The molecule has 0 bridgehead atoms. The molecule has 4 rings (SSSR count). The van der Waals surface area contributed by atoms with E-state index >= 15 is 0 Å². The largest absolute Gasteiger partial charge is 0.399 e. The van der Waals surface area contributed by atoms with Crippen LogP contribution in [0.2, 0.25) is 0 Å². The standard InChI is InChI=1S/C20H23N3S/c21-17-7-9-20-16(14-17)6-8-19(24-20)15-22-10-12-23(13-11-22)18-4-2-1-3-5-18/h1-5,7-9,14H,6,10-13,15,21H2. The molecule has 2 aromatic carbocycles. The SMILES string of the molecule is Nc1ccc2c(c1)CC=C(CN1CCN(c3ccccc3)CC1)S2. The molecule has 0 unspecified atom stereocenters. The van der Waals surface area contributed by atoms with E-state index in [0.29, 0.717) is 0 Å². The Morgan fingerprint density at radius 2 is 1.75 bits per heavy atom. The molecule has 24 heavy (non-hydrogen) atoms. The number of anilines is 2. The molecule has 1 saturated heterocycles. The van der Waals surface area contributed by atoms with Gasteiger partial charge >= 0.3 is 0 Å².